The number of benzene rings is 1. The molecule has 120 valence electrons. The quantitative estimate of drug-likeness (QED) is 0.739. The van der Waals surface area contributed by atoms with Gasteiger partial charge in [-0.05, 0) is 32.0 Å². The van der Waals surface area contributed by atoms with Crippen molar-refractivity contribution in [1.29, 1.82) is 10.7 Å². The molecule has 1 N–H and O–H groups in total. The van der Waals surface area contributed by atoms with Crippen molar-refractivity contribution >= 4 is 21.6 Å². The molecule has 1 aliphatic rings. The van der Waals surface area contributed by atoms with Gasteiger partial charge in [-0.3, -0.25) is 5.41 Å². The van der Waals surface area contributed by atoms with Crippen molar-refractivity contribution < 1.29 is 4.74 Å². The summed E-state index contributed by atoms with van der Waals surface area (Å²) in [5, 5.41) is 22.6. The van der Waals surface area contributed by atoms with E-state index >= 15 is 0 Å². The summed E-state index contributed by atoms with van der Waals surface area (Å²) in [5.74, 6) is 0. The van der Waals surface area contributed by atoms with Gasteiger partial charge in [-0.1, -0.05) is 0 Å². The number of hydrogen-bond acceptors (Lipinski definition) is 6. The highest BCUT2D eigenvalue weighted by Gasteiger charge is 2.30. The van der Waals surface area contributed by atoms with E-state index in [9.17, 15) is 5.26 Å². The second-order valence-electron chi connectivity index (χ2n) is 6.40. The van der Waals surface area contributed by atoms with Crippen molar-refractivity contribution in [3.05, 3.63) is 46.0 Å². The first kappa shape index (κ1) is 15.0. The van der Waals surface area contributed by atoms with E-state index in [0.717, 1.165) is 27.2 Å². The predicted octanol–water partition coefficient (Wildman–Crippen LogP) is 2.68. The molecule has 0 amide bonds. The van der Waals surface area contributed by atoms with Crippen LogP contribution in [0.25, 0.3) is 15.9 Å². The standard InChI is InChI=1S/C17H15N5OS/c1-17(2)6-11-12(7-18)16(19)22(21-14(11)8-23-17)10-3-4-13-15(5-10)24-9-20-13/h3-5,9,19H,6,8H2,1-2H3. The van der Waals surface area contributed by atoms with Crippen LogP contribution in [0.15, 0.2) is 23.7 Å². The molecule has 0 fully saturated rings. The molecule has 24 heavy (non-hydrogen) atoms. The topological polar surface area (TPSA) is 87.6 Å². The van der Waals surface area contributed by atoms with Gasteiger partial charge >= 0.3 is 0 Å². The second kappa shape index (κ2) is 5.23. The maximum atomic E-state index is 9.59. The molecule has 0 radical (unpaired) electrons. The fourth-order valence-corrected chi connectivity index (χ4v) is 3.66. The smallest absolute Gasteiger partial charge is 0.164 e. The lowest BCUT2D eigenvalue weighted by molar-refractivity contribution is -0.0428. The Morgan fingerprint density at radius 3 is 3.04 bits per heavy atom. The Balaban J connectivity index is 1.94. The van der Waals surface area contributed by atoms with Crippen LogP contribution in [-0.4, -0.2) is 20.4 Å². The zero-order valence-corrected chi connectivity index (χ0v) is 14.1. The van der Waals surface area contributed by atoms with Gasteiger partial charge < -0.3 is 4.74 Å². The Morgan fingerprint density at radius 2 is 2.25 bits per heavy atom. The van der Waals surface area contributed by atoms with Crippen LogP contribution in [0.2, 0.25) is 0 Å². The Labute approximate surface area is 142 Å². The number of hydrogen-bond donors (Lipinski definition) is 1. The van der Waals surface area contributed by atoms with Gasteiger partial charge in [-0.15, -0.1) is 11.3 Å². The highest BCUT2D eigenvalue weighted by atomic mass is 32.1. The fraction of sp³-hybridized carbons (Fsp3) is 0.294. The monoisotopic (exact) mass is 337 g/mol. The molecule has 0 atom stereocenters. The van der Waals surface area contributed by atoms with Gasteiger partial charge in [0.1, 0.15) is 11.6 Å². The Bertz CT molecular complexity index is 1060. The average Bonchev–Trinajstić information content (AvgIpc) is 3.01. The first-order valence-corrected chi connectivity index (χ1v) is 8.44. The summed E-state index contributed by atoms with van der Waals surface area (Å²) in [6, 6.07) is 7.91. The van der Waals surface area contributed by atoms with Crippen LogP contribution < -0.4 is 5.49 Å². The number of nitriles is 1. The van der Waals surface area contributed by atoms with Crippen molar-refractivity contribution in [3.8, 4) is 11.8 Å². The highest BCUT2D eigenvalue weighted by molar-refractivity contribution is 7.16. The zero-order chi connectivity index (χ0) is 16.9. The lowest BCUT2D eigenvalue weighted by atomic mass is 9.92. The molecule has 7 heteroatoms. The third-order valence-corrected chi connectivity index (χ3v) is 4.98. The molecule has 0 bridgehead atoms. The van der Waals surface area contributed by atoms with Crippen molar-refractivity contribution in [2.24, 2.45) is 0 Å². The summed E-state index contributed by atoms with van der Waals surface area (Å²) >= 11 is 1.54. The predicted molar refractivity (Wildman–Crippen MR) is 89.9 cm³/mol. The summed E-state index contributed by atoms with van der Waals surface area (Å²) < 4.78 is 8.36. The van der Waals surface area contributed by atoms with Gasteiger partial charge in [-0.25, -0.2) is 9.67 Å². The van der Waals surface area contributed by atoms with Crippen LogP contribution in [0.3, 0.4) is 0 Å². The van der Waals surface area contributed by atoms with Gasteiger partial charge in [0.15, 0.2) is 5.49 Å². The van der Waals surface area contributed by atoms with Crippen molar-refractivity contribution in [2.45, 2.75) is 32.5 Å². The third-order valence-electron chi connectivity index (χ3n) is 4.19. The van der Waals surface area contributed by atoms with E-state index in [1.807, 2.05) is 32.0 Å². The van der Waals surface area contributed by atoms with Gasteiger partial charge in [-0.2, -0.15) is 10.4 Å². The van der Waals surface area contributed by atoms with Crippen LogP contribution in [0.5, 0.6) is 0 Å². The van der Waals surface area contributed by atoms with E-state index < -0.39 is 0 Å². The number of nitrogens with zero attached hydrogens (tertiary/aromatic N) is 4. The third kappa shape index (κ3) is 2.31. The Morgan fingerprint density at radius 1 is 1.42 bits per heavy atom. The molecule has 0 saturated heterocycles. The van der Waals surface area contributed by atoms with E-state index in [1.165, 1.54) is 16.0 Å². The second-order valence-corrected chi connectivity index (χ2v) is 7.29. The van der Waals surface area contributed by atoms with E-state index in [1.54, 1.807) is 5.51 Å². The largest absolute Gasteiger partial charge is 0.369 e. The fourth-order valence-electron chi connectivity index (χ4n) is 2.95. The van der Waals surface area contributed by atoms with Gasteiger partial charge in [0, 0.05) is 12.0 Å². The molecule has 3 heterocycles. The molecular formula is C17H15N5OS. The van der Waals surface area contributed by atoms with E-state index in [2.05, 4.69) is 16.2 Å². The first-order chi connectivity index (χ1) is 11.5. The van der Waals surface area contributed by atoms with Gasteiger partial charge in [0.25, 0.3) is 0 Å². The van der Waals surface area contributed by atoms with Crippen LogP contribution in [0.4, 0.5) is 0 Å². The zero-order valence-electron chi connectivity index (χ0n) is 13.3. The van der Waals surface area contributed by atoms with Gasteiger partial charge in [0.2, 0.25) is 0 Å². The number of ether oxygens (including phenoxy) is 1. The maximum Gasteiger partial charge on any atom is 0.164 e. The summed E-state index contributed by atoms with van der Waals surface area (Å²) in [7, 11) is 0. The molecule has 0 aliphatic carbocycles. The number of nitrogens with one attached hydrogen (secondary N) is 1. The Kier molecular flexibility index (Phi) is 3.27. The summed E-state index contributed by atoms with van der Waals surface area (Å²) in [5.41, 5.74) is 5.15. The molecule has 1 aliphatic heterocycles. The van der Waals surface area contributed by atoms with Crippen molar-refractivity contribution in [1.82, 2.24) is 14.8 Å². The van der Waals surface area contributed by atoms with Crippen molar-refractivity contribution in [2.75, 3.05) is 0 Å². The maximum absolute atomic E-state index is 9.59. The molecule has 3 aromatic rings. The summed E-state index contributed by atoms with van der Waals surface area (Å²) in [6.07, 6.45) is 0.582. The first-order valence-electron chi connectivity index (χ1n) is 7.56. The van der Waals surface area contributed by atoms with Crippen molar-refractivity contribution in [3.63, 3.8) is 0 Å². The van der Waals surface area contributed by atoms with E-state index in [-0.39, 0.29) is 11.1 Å². The lowest BCUT2D eigenvalue weighted by Crippen LogP contribution is -2.37. The normalized spacial score (nSPS) is 15.9. The van der Waals surface area contributed by atoms with Crippen LogP contribution in [0.1, 0.15) is 30.7 Å². The molecular weight excluding hydrogens is 322 g/mol. The number of fused-ring (bicyclic) bond motifs is 2. The minimum Gasteiger partial charge on any atom is -0.369 e. The van der Waals surface area contributed by atoms with Crippen LogP contribution in [0, 0.1) is 16.7 Å². The summed E-state index contributed by atoms with van der Waals surface area (Å²) in [6.45, 7) is 4.32. The SMILES string of the molecule is CC1(C)Cc2c(nn(-c3ccc4ncsc4c3)c(=N)c2C#N)CO1. The van der Waals surface area contributed by atoms with Crippen LogP contribution >= 0.6 is 11.3 Å². The Hall–Kier alpha value is -2.56. The minimum absolute atomic E-state index is 0.109. The lowest BCUT2D eigenvalue weighted by Gasteiger charge is -2.31. The molecule has 4 rings (SSSR count). The molecule has 0 spiro atoms. The average molecular weight is 337 g/mol. The minimum atomic E-state index is -0.347. The number of rotatable bonds is 1. The molecule has 0 unspecified atom stereocenters. The molecule has 2 aromatic heterocycles. The summed E-state index contributed by atoms with van der Waals surface area (Å²) in [4.78, 5) is 4.27. The number of aromatic nitrogens is 3. The van der Waals surface area contributed by atoms with Gasteiger partial charge in [0.05, 0.1) is 39.3 Å². The molecule has 0 saturated carbocycles. The molecule has 1 aromatic carbocycles. The molecule has 6 nitrogen and oxygen atoms in total. The van der Waals surface area contributed by atoms with E-state index in [4.69, 9.17) is 10.1 Å². The van der Waals surface area contributed by atoms with E-state index in [0.29, 0.717) is 18.6 Å². The van der Waals surface area contributed by atoms with Crippen LogP contribution in [-0.2, 0) is 17.8 Å². The number of thiazole rings is 1. The highest BCUT2D eigenvalue weighted by Crippen LogP contribution is 2.28.